The minimum absolute atomic E-state index is 0.630. The molecule has 0 saturated heterocycles. The van der Waals surface area contributed by atoms with Crippen LogP contribution >= 0.6 is 0 Å². The second kappa shape index (κ2) is 2.47. The zero-order chi connectivity index (χ0) is 8.93. The Morgan fingerprint density at radius 1 is 1.33 bits per heavy atom. The lowest BCUT2D eigenvalue weighted by molar-refractivity contribution is -0.126. The number of rotatable bonds is 1. The van der Waals surface area contributed by atoms with Crippen molar-refractivity contribution >= 4 is 0 Å². The van der Waals surface area contributed by atoms with Crippen molar-refractivity contribution in [2.45, 2.75) is 33.6 Å². The molecule has 0 heterocycles. The van der Waals surface area contributed by atoms with Crippen molar-refractivity contribution in [1.29, 1.82) is 0 Å². The van der Waals surface area contributed by atoms with E-state index < -0.39 is 0 Å². The van der Waals surface area contributed by atoms with Crippen LogP contribution in [0.1, 0.15) is 33.6 Å². The minimum atomic E-state index is 0.630. The average Bonchev–Trinajstić information content (AvgIpc) is 2.03. The molecule has 0 amide bonds. The van der Waals surface area contributed by atoms with Crippen molar-refractivity contribution in [3.05, 3.63) is 0 Å². The van der Waals surface area contributed by atoms with Crippen molar-refractivity contribution in [1.82, 2.24) is 0 Å². The van der Waals surface area contributed by atoms with E-state index in [4.69, 9.17) is 5.73 Å². The lowest BCUT2D eigenvalue weighted by atomic mass is 9.43. The molecule has 0 aliphatic heterocycles. The second-order valence-electron chi connectivity index (χ2n) is 5.45. The van der Waals surface area contributed by atoms with Crippen LogP contribution in [0.4, 0.5) is 0 Å². The summed E-state index contributed by atoms with van der Waals surface area (Å²) in [7, 11) is 0. The molecule has 3 aliphatic rings. The highest BCUT2D eigenvalue weighted by Gasteiger charge is 2.55. The molecule has 3 aliphatic carbocycles. The van der Waals surface area contributed by atoms with E-state index in [1.54, 1.807) is 0 Å². The summed E-state index contributed by atoms with van der Waals surface area (Å²) in [6.45, 7) is 8.19. The van der Waals surface area contributed by atoms with Gasteiger partial charge in [0.2, 0.25) is 0 Å². The van der Waals surface area contributed by atoms with Crippen molar-refractivity contribution in [3.63, 3.8) is 0 Å². The number of fused-ring (bicyclic) bond motifs is 2. The fourth-order valence-electron chi connectivity index (χ4n) is 3.57. The number of nitrogens with two attached hydrogens (primary N) is 1. The second-order valence-corrected chi connectivity index (χ2v) is 5.45. The molecule has 0 aromatic heterocycles. The Morgan fingerprint density at radius 2 is 2.00 bits per heavy atom. The standard InChI is InChI=1S/C11H21N/c1-7-8(6-12)4-9-5-10(7)11(9,2)3/h7-10H,4-6,12H2,1-3H3/t7-,8+,9+,10+/m1/s1. The normalized spacial score (nSPS) is 50.0. The zero-order valence-electron chi connectivity index (χ0n) is 8.51. The van der Waals surface area contributed by atoms with Gasteiger partial charge in [0, 0.05) is 0 Å². The Morgan fingerprint density at radius 3 is 2.42 bits per heavy atom. The molecule has 0 radical (unpaired) electrons. The maximum absolute atomic E-state index is 5.77. The van der Waals surface area contributed by atoms with E-state index in [1.165, 1.54) is 12.8 Å². The van der Waals surface area contributed by atoms with E-state index >= 15 is 0 Å². The Balaban J connectivity index is 2.11. The highest BCUT2D eigenvalue weighted by atomic mass is 14.7. The lowest BCUT2D eigenvalue weighted by Crippen LogP contribution is -2.56. The van der Waals surface area contributed by atoms with E-state index in [-0.39, 0.29) is 0 Å². The van der Waals surface area contributed by atoms with E-state index in [0.29, 0.717) is 5.41 Å². The van der Waals surface area contributed by atoms with Crippen molar-refractivity contribution < 1.29 is 0 Å². The van der Waals surface area contributed by atoms with Gasteiger partial charge in [0.1, 0.15) is 0 Å². The third kappa shape index (κ3) is 0.891. The lowest BCUT2D eigenvalue weighted by Gasteiger charge is -2.62. The summed E-state index contributed by atoms with van der Waals surface area (Å²) in [5.41, 5.74) is 6.40. The molecular formula is C11H21N. The first-order chi connectivity index (χ1) is 5.57. The minimum Gasteiger partial charge on any atom is -0.330 e. The molecule has 1 heteroatoms. The summed E-state index contributed by atoms with van der Waals surface area (Å²) < 4.78 is 0. The highest BCUT2D eigenvalue weighted by molar-refractivity contribution is 5.04. The van der Waals surface area contributed by atoms with Crippen LogP contribution in [-0.2, 0) is 0 Å². The van der Waals surface area contributed by atoms with E-state index in [0.717, 1.165) is 30.2 Å². The van der Waals surface area contributed by atoms with Gasteiger partial charge in [-0.25, -0.2) is 0 Å². The molecule has 3 fully saturated rings. The summed E-state index contributed by atoms with van der Waals surface area (Å²) in [5.74, 6) is 3.63. The molecule has 0 aromatic carbocycles. The monoisotopic (exact) mass is 167 g/mol. The smallest absolute Gasteiger partial charge is 0.00461 e. The Bertz CT molecular complexity index is 185. The molecule has 1 nitrogen and oxygen atoms in total. The third-order valence-electron chi connectivity index (χ3n) is 4.81. The first-order valence-corrected chi connectivity index (χ1v) is 5.27. The van der Waals surface area contributed by atoms with Crippen LogP contribution in [0.25, 0.3) is 0 Å². The van der Waals surface area contributed by atoms with E-state index in [2.05, 4.69) is 20.8 Å². The van der Waals surface area contributed by atoms with E-state index in [1.807, 2.05) is 0 Å². The fourth-order valence-corrected chi connectivity index (χ4v) is 3.57. The first kappa shape index (κ1) is 8.55. The number of hydrogen-bond donors (Lipinski definition) is 1. The Labute approximate surface area is 75.7 Å². The van der Waals surface area contributed by atoms with Crippen LogP contribution in [0.5, 0.6) is 0 Å². The van der Waals surface area contributed by atoms with Gasteiger partial charge in [-0.3, -0.25) is 0 Å². The molecule has 4 atom stereocenters. The van der Waals surface area contributed by atoms with Gasteiger partial charge in [-0.15, -0.1) is 0 Å². The van der Waals surface area contributed by atoms with Crippen LogP contribution in [0.2, 0.25) is 0 Å². The summed E-state index contributed by atoms with van der Waals surface area (Å²) in [6, 6.07) is 0. The predicted octanol–water partition coefficient (Wildman–Crippen LogP) is 2.26. The number of hydrogen-bond acceptors (Lipinski definition) is 1. The van der Waals surface area contributed by atoms with Crippen molar-refractivity contribution in [2.24, 2.45) is 34.8 Å². The van der Waals surface area contributed by atoms with Gasteiger partial charge in [0.15, 0.2) is 0 Å². The molecule has 0 spiro atoms. The molecule has 3 rings (SSSR count). The summed E-state index contributed by atoms with van der Waals surface area (Å²) in [4.78, 5) is 0. The maximum Gasteiger partial charge on any atom is -0.00461 e. The van der Waals surface area contributed by atoms with E-state index in [9.17, 15) is 0 Å². The van der Waals surface area contributed by atoms with Crippen LogP contribution in [0, 0.1) is 29.1 Å². The fraction of sp³-hybridized carbons (Fsp3) is 1.00. The largest absolute Gasteiger partial charge is 0.330 e. The summed E-state index contributed by atoms with van der Waals surface area (Å²) >= 11 is 0. The van der Waals surface area contributed by atoms with Crippen LogP contribution in [-0.4, -0.2) is 6.54 Å². The van der Waals surface area contributed by atoms with Gasteiger partial charge in [0.25, 0.3) is 0 Å². The van der Waals surface area contributed by atoms with Gasteiger partial charge in [-0.2, -0.15) is 0 Å². The molecule has 0 aromatic rings. The summed E-state index contributed by atoms with van der Waals surface area (Å²) in [6.07, 6.45) is 2.87. The zero-order valence-corrected chi connectivity index (χ0v) is 8.51. The van der Waals surface area contributed by atoms with Crippen LogP contribution in [0.3, 0.4) is 0 Å². The van der Waals surface area contributed by atoms with Crippen LogP contribution < -0.4 is 5.73 Å². The van der Waals surface area contributed by atoms with Gasteiger partial charge in [0.05, 0.1) is 0 Å². The molecule has 12 heavy (non-hydrogen) atoms. The van der Waals surface area contributed by atoms with Gasteiger partial charge in [-0.1, -0.05) is 20.8 Å². The quantitative estimate of drug-likeness (QED) is 0.637. The highest BCUT2D eigenvalue weighted by Crippen LogP contribution is 2.62. The molecule has 0 unspecified atom stereocenters. The molecule has 2 bridgehead atoms. The SMILES string of the molecule is C[C@@H]1[C@H](CN)C[C@H]2C[C@@H]1C2(C)C. The third-order valence-corrected chi connectivity index (χ3v) is 4.81. The average molecular weight is 167 g/mol. The van der Waals surface area contributed by atoms with Gasteiger partial charge >= 0.3 is 0 Å². The van der Waals surface area contributed by atoms with Gasteiger partial charge < -0.3 is 5.73 Å². The maximum atomic E-state index is 5.77. The van der Waals surface area contributed by atoms with Crippen LogP contribution in [0.15, 0.2) is 0 Å². The molecule has 70 valence electrons. The Hall–Kier alpha value is -0.0400. The first-order valence-electron chi connectivity index (χ1n) is 5.27. The predicted molar refractivity (Wildman–Crippen MR) is 51.7 cm³/mol. The molecular weight excluding hydrogens is 146 g/mol. The summed E-state index contributed by atoms with van der Waals surface area (Å²) in [5, 5.41) is 0. The van der Waals surface area contributed by atoms with Gasteiger partial charge in [-0.05, 0) is 48.5 Å². The topological polar surface area (TPSA) is 26.0 Å². The van der Waals surface area contributed by atoms with Crippen molar-refractivity contribution in [2.75, 3.05) is 6.54 Å². The van der Waals surface area contributed by atoms with Crippen molar-refractivity contribution in [3.8, 4) is 0 Å². The molecule has 2 N–H and O–H groups in total. The Kier molecular flexibility index (Phi) is 1.76. The molecule has 3 saturated carbocycles.